The van der Waals surface area contributed by atoms with Gasteiger partial charge in [-0.25, -0.2) is 9.37 Å². The number of ether oxygens (including phenoxy) is 1. The molecule has 0 aliphatic carbocycles. The van der Waals surface area contributed by atoms with Crippen molar-refractivity contribution < 1.29 is 13.5 Å². The van der Waals surface area contributed by atoms with E-state index in [9.17, 15) is 8.78 Å². The van der Waals surface area contributed by atoms with E-state index < -0.39 is 11.8 Å². The van der Waals surface area contributed by atoms with Crippen LogP contribution >= 0.6 is 0 Å². The molecule has 0 aliphatic heterocycles. The van der Waals surface area contributed by atoms with Gasteiger partial charge in [-0.05, 0) is 24.3 Å². The summed E-state index contributed by atoms with van der Waals surface area (Å²) in [5, 5.41) is 0. The monoisotopic (exact) mass is 271 g/mol. The molecule has 3 rings (SSSR count). The minimum Gasteiger partial charge on any atom is -0.493 e. The summed E-state index contributed by atoms with van der Waals surface area (Å²) in [5.41, 5.74) is 1.72. The lowest BCUT2D eigenvalue weighted by atomic mass is 10.1. The Bertz CT molecular complexity index is 790. The zero-order chi connectivity index (χ0) is 14.1. The van der Waals surface area contributed by atoms with E-state index in [4.69, 9.17) is 4.74 Å². The minimum atomic E-state index is -0.601. The van der Waals surface area contributed by atoms with Crippen LogP contribution in [0.5, 0.6) is 5.75 Å². The molecule has 0 spiro atoms. The third-order valence-electron chi connectivity index (χ3n) is 2.92. The molecule has 1 aromatic carbocycles. The molecule has 0 atom stereocenters. The highest BCUT2D eigenvalue weighted by molar-refractivity contribution is 5.80. The van der Waals surface area contributed by atoms with Crippen LogP contribution < -0.4 is 4.74 Å². The molecule has 3 aromatic rings. The third-order valence-corrected chi connectivity index (χ3v) is 2.92. The summed E-state index contributed by atoms with van der Waals surface area (Å²) in [6, 6.07) is 10.1. The van der Waals surface area contributed by atoms with Gasteiger partial charge < -0.3 is 4.74 Å². The van der Waals surface area contributed by atoms with E-state index in [1.807, 2.05) is 0 Å². The molecule has 2 heterocycles. The van der Waals surface area contributed by atoms with Crippen LogP contribution in [0, 0.1) is 17.8 Å². The van der Waals surface area contributed by atoms with Crippen molar-refractivity contribution in [3.05, 3.63) is 54.4 Å². The summed E-state index contributed by atoms with van der Waals surface area (Å²) >= 11 is 0. The highest BCUT2D eigenvalue weighted by atomic mass is 19.1. The van der Waals surface area contributed by atoms with Crippen molar-refractivity contribution in [2.24, 2.45) is 0 Å². The Morgan fingerprint density at radius 3 is 2.80 bits per heavy atom. The first-order valence-electron chi connectivity index (χ1n) is 5.86. The van der Waals surface area contributed by atoms with Gasteiger partial charge in [0.1, 0.15) is 0 Å². The van der Waals surface area contributed by atoms with Gasteiger partial charge in [0, 0.05) is 23.4 Å². The highest BCUT2D eigenvalue weighted by Crippen LogP contribution is 2.29. The van der Waals surface area contributed by atoms with E-state index in [1.54, 1.807) is 18.2 Å². The normalized spacial score (nSPS) is 10.8. The lowest BCUT2D eigenvalue weighted by Crippen LogP contribution is -1.93. The molecule has 0 saturated heterocycles. The fourth-order valence-electron chi connectivity index (χ4n) is 1.96. The predicted octanol–water partition coefficient (Wildman–Crippen LogP) is 3.38. The van der Waals surface area contributed by atoms with Gasteiger partial charge in [0.2, 0.25) is 5.95 Å². The summed E-state index contributed by atoms with van der Waals surface area (Å²) in [6.07, 6.45) is 1.51. The van der Waals surface area contributed by atoms with Crippen LogP contribution in [0.25, 0.3) is 22.2 Å². The third kappa shape index (κ3) is 2.07. The highest BCUT2D eigenvalue weighted by Gasteiger charge is 2.12. The molecule has 1 radical (unpaired) electrons. The number of benzene rings is 1. The Labute approximate surface area is 113 Å². The Morgan fingerprint density at radius 2 is 2.00 bits per heavy atom. The van der Waals surface area contributed by atoms with Crippen LogP contribution in [0.15, 0.2) is 36.5 Å². The first kappa shape index (κ1) is 12.5. The quantitative estimate of drug-likeness (QED) is 0.670. The van der Waals surface area contributed by atoms with E-state index in [1.165, 1.54) is 25.4 Å². The average molecular weight is 271 g/mol. The fourth-order valence-corrected chi connectivity index (χ4v) is 1.96. The van der Waals surface area contributed by atoms with Crippen LogP contribution in [0.1, 0.15) is 0 Å². The molecule has 5 heteroatoms. The molecule has 0 aliphatic rings. The number of methoxy groups -OCH3 is 1. The van der Waals surface area contributed by atoms with E-state index in [-0.39, 0.29) is 5.75 Å². The first-order valence-corrected chi connectivity index (χ1v) is 5.86. The molecule has 0 N–H and O–H groups in total. The summed E-state index contributed by atoms with van der Waals surface area (Å²) < 4.78 is 32.2. The van der Waals surface area contributed by atoms with Crippen molar-refractivity contribution in [3.8, 4) is 16.9 Å². The molecule has 0 bridgehead atoms. The smallest absolute Gasteiger partial charge is 0.213 e. The second-order valence-electron chi connectivity index (χ2n) is 4.13. The second kappa shape index (κ2) is 4.85. The largest absolute Gasteiger partial charge is 0.493 e. The Balaban J connectivity index is 2.19. The summed E-state index contributed by atoms with van der Waals surface area (Å²) in [4.78, 5) is 7.89. The lowest BCUT2D eigenvalue weighted by molar-refractivity contribution is 0.386. The van der Waals surface area contributed by atoms with Gasteiger partial charge in [0.25, 0.3) is 0 Å². The molecule has 2 aromatic heterocycles. The van der Waals surface area contributed by atoms with Gasteiger partial charge >= 0.3 is 0 Å². The summed E-state index contributed by atoms with van der Waals surface area (Å²) in [7, 11) is 1.37. The number of hydrogen-bond donors (Lipinski definition) is 0. The van der Waals surface area contributed by atoms with Crippen molar-refractivity contribution in [1.82, 2.24) is 9.97 Å². The zero-order valence-electron chi connectivity index (χ0n) is 10.5. The van der Waals surface area contributed by atoms with Gasteiger partial charge in [-0.1, -0.05) is 6.07 Å². The lowest BCUT2D eigenvalue weighted by Gasteiger charge is -2.07. The van der Waals surface area contributed by atoms with E-state index in [0.717, 1.165) is 0 Å². The number of nitrogens with zero attached hydrogens (tertiary/aromatic N) is 2. The average Bonchev–Trinajstić information content (AvgIpc) is 2.46. The van der Waals surface area contributed by atoms with E-state index in [2.05, 4.69) is 16.0 Å². The number of halogens is 2. The molecule has 0 unspecified atom stereocenters. The van der Waals surface area contributed by atoms with Crippen molar-refractivity contribution in [1.29, 1.82) is 0 Å². The Hall–Kier alpha value is -2.56. The molecule has 0 fully saturated rings. The van der Waals surface area contributed by atoms with Crippen LogP contribution in [0.3, 0.4) is 0 Å². The summed E-state index contributed by atoms with van der Waals surface area (Å²) in [6.45, 7) is 0. The maximum absolute atomic E-state index is 14.2. The molecule has 20 heavy (non-hydrogen) atoms. The predicted molar refractivity (Wildman–Crippen MR) is 70.3 cm³/mol. The number of aromatic nitrogens is 2. The number of hydrogen-bond acceptors (Lipinski definition) is 3. The van der Waals surface area contributed by atoms with Crippen LogP contribution in [-0.4, -0.2) is 17.1 Å². The van der Waals surface area contributed by atoms with Crippen LogP contribution in [0.4, 0.5) is 8.78 Å². The van der Waals surface area contributed by atoms with Gasteiger partial charge in [0.05, 0.1) is 18.1 Å². The topological polar surface area (TPSA) is 35.0 Å². The second-order valence-corrected chi connectivity index (χ2v) is 4.13. The van der Waals surface area contributed by atoms with Crippen molar-refractivity contribution in [3.63, 3.8) is 0 Å². The molecular weight excluding hydrogens is 262 g/mol. The van der Waals surface area contributed by atoms with Crippen LogP contribution in [0.2, 0.25) is 0 Å². The van der Waals surface area contributed by atoms with Gasteiger partial charge in [-0.2, -0.15) is 4.39 Å². The first-order chi connectivity index (χ1) is 9.69. The summed E-state index contributed by atoms with van der Waals surface area (Å²) in [5.74, 6) is -1.11. The number of fused-ring (bicyclic) bond motifs is 1. The van der Waals surface area contributed by atoms with Crippen LogP contribution in [-0.2, 0) is 0 Å². The molecule has 99 valence electrons. The number of pyridine rings is 2. The Morgan fingerprint density at radius 1 is 1.15 bits per heavy atom. The maximum Gasteiger partial charge on any atom is 0.213 e. The molecular formula is C15H9F2N2O. The van der Waals surface area contributed by atoms with Gasteiger partial charge in [-0.15, -0.1) is 0 Å². The molecule has 0 amide bonds. The van der Waals surface area contributed by atoms with Gasteiger partial charge in [0.15, 0.2) is 11.6 Å². The standard InChI is InChI=1S/C15H9F2N2O/c1-20-13-4-2-3-10(15(13)17)9-7-12-11(18-8-9)5-6-14(16)19-12/h2-3,5-8H,1H3. The number of rotatable bonds is 2. The SMILES string of the molecule is COc1[c]ccc(-c2cnc3ccc(F)nc3c2)c1F. The molecule has 3 nitrogen and oxygen atoms in total. The molecule has 0 saturated carbocycles. The maximum atomic E-state index is 14.2. The van der Waals surface area contributed by atoms with Gasteiger partial charge in [-0.3, -0.25) is 4.98 Å². The van der Waals surface area contributed by atoms with E-state index in [0.29, 0.717) is 22.2 Å². The zero-order valence-corrected chi connectivity index (χ0v) is 10.5. The fraction of sp³-hybridized carbons (Fsp3) is 0.0667. The van der Waals surface area contributed by atoms with E-state index >= 15 is 0 Å². The van der Waals surface area contributed by atoms with Crippen molar-refractivity contribution in [2.75, 3.05) is 7.11 Å². The van der Waals surface area contributed by atoms with Crippen molar-refractivity contribution >= 4 is 11.0 Å². The van der Waals surface area contributed by atoms with Crippen molar-refractivity contribution in [2.45, 2.75) is 0 Å². The minimum absolute atomic E-state index is 0.0230. The Kier molecular flexibility index (Phi) is 3.02.